The van der Waals surface area contributed by atoms with E-state index in [2.05, 4.69) is 10.0 Å². The standard InChI is InChI=1S/C9H6N4O4/c10-12-11-9(14)8-7(17-8)5-1-3-6(4-2-5)13(15)16/h1-4,7-8H. The van der Waals surface area contributed by atoms with E-state index in [-0.39, 0.29) is 5.69 Å². The molecule has 0 spiro atoms. The molecule has 8 heteroatoms. The van der Waals surface area contributed by atoms with Crippen molar-refractivity contribution in [1.82, 2.24) is 0 Å². The van der Waals surface area contributed by atoms with E-state index in [9.17, 15) is 14.9 Å². The van der Waals surface area contributed by atoms with E-state index in [0.717, 1.165) is 0 Å². The van der Waals surface area contributed by atoms with Gasteiger partial charge in [-0.1, -0.05) is 0 Å². The Morgan fingerprint density at radius 1 is 1.47 bits per heavy atom. The second kappa shape index (κ2) is 4.20. The van der Waals surface area contributed by atoms with Gasteiger partial charge < -0.3 is 4.74 Å². The predicted molar refractivity (Wildman–Crippen MR) is 54.9 cm³/mol. The molecule has 1 saturated heterocycles. The first kappa shape index (κ1) is 11.1. The van der Waals surface area contributed by atoms with Crippen molar-refractivity contribution in [2.75, 3.05) is 0 Å². The third kappa shape index (κ3) is 2.22. The Balaban J connectivity index is 2.09. The van der Waals surface area contributed by atoms with Crippen LogP contribution in [-0.2, 0) is 9.53 Å². The van der Waals surface area contributed by atoms with Crippen molar-refractivity contribution in [3.8, 4) is 0 Å². The van der Waals surface area contributed by atoms with Gasteiger partial charge in [0.1, 0.15) is 6.10 Å². The lowest BCUT2D eigenvalue weighted by Gasteiger charge is -1.94. The number of carbonyl (C=O) groups is 1. The van der Waals surface area contributed by atoms with Crippen LogP contribution >= 0.6 is 0 Å². The Morgan fingerprint density at radius 3 is 2.65 bits per heavy atom. The lowest BCUT2D eigenvalue weighted by molar-refractivity contribution is -0.384. The first-order valence-electron chi connectivity index (χ1n) is 4.62. The van der Waals surface area contributed by atoms with Gasteiger partial charge in [-0.05, 0) is 28.3 Å². The van der Waals surface area contributed by atoms with Crippen LogP contribution in [0.2, 0.25) is 0 Å². The van der Waals surface area contributed by atoms with Crippen LogP contribution in [0, 0.1) is 10.1 Å². The van der Waals surface area contributed by atoms with Crippen LogP contribution in [0.5, 0.6) is 0 Å². The number of hydrogen-bond donors (Lipinski definition) is 0. The van der Waals surface area contributed by atoms with Gasteiger partial charge in [-0.2, -0.15) is 0 Å². The van der Waals surface area contributed by atoms with E-state index < -0.39 is 23.0 Å². The molecule has 1 aliphatic rings. The third-order valence-corrected chi connectivity index (χ3v) is 2.31. The summed E-state index contributed by atoms with van der Waals surface area (Å²) in [5.74, 6) is -0.684. The van der Waals surface area contributed by atoms with Crippen molar-refractivity contribution in [2.45, 2.75) is 12.2 Å². The molecule has 0 aromatic heterocycles. The SMILES string of the molecule is [N-]=[N+]=NC(=O)C1OC1c1ccc([N+](=O)[O-])cc1. The van der Waals surface area contributed by atoms with E-state index in [4.69, 9.17) is 10.3 Å². The molecule has 2 atom stereocenters. The van der Waals surface area contributed by atoms with Crippen LogP contribution in [-0.4, -0.2) is 16.9 Å². The largest absolute Gasteiger partial charge is 0.356 e. The number of amides is 1. The number of azide groups is 1. The minimum absolute atomic E-state index is 0.0349. The first-order chi connectivity index (χ1) is 8.13. The highest BCUT2D eigenvalue weighted by atomic mass is 16.6. The van der Waals surface area contributed by atoms with Crippen LogP contribution in [0.15, 0.2) is 29.4 Å². The van der Waals surface area contributed by atoms with Gasteiger partial charge in [-0.15, -0.1) is 0 Å². The molecule has 0 aliphatic carbocycles. The Hall–Kier alpha value is -2.44. The Morgan fingerprint density at radius 2 is 2.12 bits per heavy atom. The van der Waals surface area contributed by atoms with Crippen molar-refractivity contribution in [3.63, 3.8) is 0 Å². The van der Waals surface area contributed by atoms with Crippen molar-refractivity contribution in [3.05, 3.63) is 50.4 Å². The number of nitro benzene ring substituents is 1. The molecule has 2 unspecified atom stereocenters. The number of ether oxygens (including phenoxy) is 1. The molecule has 0 N–H and O–H groups in total. The number of hydrogen-bond acceptors (Lipinski definition) is 4. The van der Waals surface area contributed by atoms with Gasteiger partial charge in [0.2, 0.25) is 0 Å². The van der Waals surface area contributed by atoms with Crippen molar-refractivity contribution in [2.24, 2.45) is 5.11 Å². The average molecular weight is 234 g/mol. The normalized spacial score (nSPS) is 21.4. The summed E-state index contributed by atoms with van der Waals surface area (Å²) in [6.45, 7) is 0. The molecule has 1 heterocycles. The molecule has 1 fully saturated rings. The second-order valence-electron chi connectivity index (χ2n) is 3.35. The van der Waals surface area contributed by atoms with Crippen LogP contribution in [0.25, 0.3) is 10.4 Å². The zero-order valence-electron chi connectivity index (χ0n) is 8.39. The van der Waals surface area contributed by atoms with Crippen molar-refractivity contribution >= 4 is 11.6 Å². The summed E-state index contributed by atoms with van der Waals surface area (Å²) >= 11 is 0. The number of non-ortho nitro benzene ring substituents is 1. The lowest BCUT2D eigenvalue weighted by atomic mass is 10.1. The van der Waals surface area contributed by atoms with Gasteiger partial charge in [-0.25, -0.2) is 0 Å². The summed E-state index contributed by atoms with van der Waals surface area (Å²) in [6, 6.07) is 5.66. The van der Waals surface area contributed by atoms with Crippen LogP contribution in [0.4, 0.5) is 5.69 Å². The van der Waals surface area contributed by atoms with Crippen molar-refractivity contribution < 1.29 is 14.5 Å². The fraction of sp³-hybridized carbons (Fsp3) is 0.222. The number of carbonyl (C=O) groups excluding carboxylic acids is 1. The molecular weight excluding hydrogens is 228 g/mol. The van der Waals surface area contributed by atoms with E-state index >= 15 is 0 Å². The molecule has 17 heavy (non-hydrogen) atoms. The number of nitrogens with zero attached hydrogens (tertiary/aromatic N) is 4. The lowest BCUT2D eigenvalue weighted by Crippen LogP contribution is -2.02. The zero-order chi connectivity index (χ0) is 12.4. The minimum atomic E-state index is -0.771. The molecule has 8 nitrogen and oxygen atoms in total. The Bertz CT molecular complexity index is 520. The third-order valence-electron chi connectivity index (χ3n) is 2.31. The fourth-order valence-electron chi connectivity index (χ4n) is 1.44. The zero-order valence-corrected chi connectivity index (χ0v) is 8.39. The monoisotopic (exact) mass is 234 g/mol. The van der Waals surface area contributed by atoms with Crippen LogP contribution in [0.3, 0.4) is 0 Å². The smallest absolute Gasteiger partial charge is 0.269 e. The maximum Gasteiger partial charge on any atom is 0.269 e. The molecule has 0 bridgehead atoms. The number of nitro groups is 1. The topological polar surface area (TPSA) is 122 Å². The summed E-state index contributed by atoms with van der Waals surface area (Å²) in [5, 5.41) is 13.3. The van der Waals surface area contributed by atoms with Crippen LogP contribution < -0.4 is 0 Å². The van der Waals surface area contributed by atoms with Gasteiger partial charge in [-0.3, -0.25) is 14.9 Å². The highest BCUT2D eigenvalue weighted by molar-refractivity contribution is 5.84. The van der Waals surface area contributed by atoms with E-state index in [1.807, 2.05) is 0 Å². The highest BCUT2D eigenvalue weighted by Crippen LogP contribution is 2.39. The quantitative estimate of drug-likeness (QED) is 0.198. The maximum atomic E-state index is 11.1. The summed E-state index contributed by atoms with van der Waals surface area (Å²) in [7, 11) is 0. The van der Waals surface area contributed by atoms with E-state index in [1.54, 1.807) is 0 Å². The number of epoxide rings is 1. The molecule has 2 rings (SSSR count). The average Bonchev–Trinajstić information content (AvgIpc) is 3.09. The van der Waals surface area contributed by atoms with Gasteiger partial charge in [0.05, 0.1) is 4.92 Å². The second-order valence-corrected chi connectivity index (χ2v) is 3.35. The summed E-state index contributed by atoms with van der Waals surface area (Å²) in [4.78, 5) is 23.4. The van der Waals surface area contributed by atoms with E-state index in [1.165, 1.54) is 24.3 Å². The molecule has 0 radical (unpaired) electrons. The molecule has 1 aromatic rings. The van der Waals surface area contributed by atoms with E-state index in [0.29, 0.717) is 5.56 Å². The maximum absolute atomic E-state index is 11.1. The predicted octanol–water partition coefficient (Wildman–Crippen LogP) is 1.87. The molecular formula is C9H6N4O4. The molecule has 86 valence electrons. The molecule has 1 aromatic carbocycles. The van der Waals surface area contributed by atoms with Crippen molar-refractivity contribution in [1.29, 1.82) is 0 Å². The van der Waals surface area contributed by atoms with Gasteiger partial charge in [0.25, 0.3) is 11.6 Å². The summed E-state index contributed by atoms with van der Waals surface area (Å²) < 4.78 is 5.03. The summed E-state index contributed by atoms with van der Waals surface area (Å²) in [5.41, 5.74) is 8.68. The summed E-state index contributed by atoms with van der Waals surface area (Å²) in [6.07, 6.45) is -1.25. The molecule has 1 aliphatic heterocycles. The Labute approximate surface area is 94.6 Å². The molecule has 0 saturated carbocycles. The minimum Gasteiger partial charge on any atom is -0.356 e. The fourth-order valence-corrected chi connectivity index (χ4v) is 1.44. The number of benzene rings is 1. The first-order valence-corrected chi connectivity index (χ1v) is 4.62. The highest BCUT2D eigenvalue weighted by Gasteiger charge is 2.45. The van der Waals surface area contributed by atoms with Gasteiger partial charge >= 0.3 is 0 Å². The Kier molecular flexibility index (Phi) is 2.73. The van der Waals surface area contributed by atoms with Gasteiger partial charge in [0, 0.05) is 17.0 Å². The van der Waals surface area contributed by atoms with Crippen LogP contribution in [0.1, 0.15) is 11.7 Å². The van der Waals surface area contributed by atoms with Gasteiger partial charge in [0.15, 0.2) is 6.10 Å². The number of rotatable bonds is 3. The molecule has 1 amide bonds.